The zero-order valence-electron chi connectivity index (χ0n) is 16.3. The van der Waals surface area contributed by atoms with Gasteiger partial charge in [0.05, 0.1) is 17.4 Å². The van der Waals surface area contributed by atoms with Gasteiger partial charge in [-0.05, 0) is 25.0 Å². The molecule has 0 saturated carbocycles. The van der Waals surface area contributed by atoms with E-state index < -0.39 is 17.3 Å². The summed E-state index contributed by atoms with van der Waals surface area (Å²) in [4.78, 5) is 32.4. The average Bonchev–Trinajstić information content (AvgIpc) is 3.30. The topological polar surface area (TPSA) is 80.6 Å². The largest absolute Gasteiger partial charge is 0.417 e. The van der Waals surface area contributed by atoms with Crippen molar-refractivity contribution in [2.45, 2.75) is 25.1 Å². The van der Waals surface area contributed by atoms with Crippen molar-refractivity contribution in [2.24, 2.45) is 0 Å². The lowest BCUT2D eigenvalue weighted by Crippen LogP contribution is -2.51. The van der Waals surface area contributed by atoms with E-state index in [2.05, 4.69) is 10.1 Å². The van der Waals surface area contributed by atoms with Crippen LogP contribution in [0.2, 0.25) is 5.02 Å². The molecule has 8 nitrogen and oxygen atoms in total. The minimum atomic E-state index is -4.53. The highest BCUT2D eigenvalue weighted by Gasteiger charge is 2.32. The molecule has 166 valence electrons. The number of hydrogen-bond donors (Lipinski definition) is 0. The smallest absolute Gasteiger partial charge is 0.368 e. The van der Waals surface area contributed by atoms with Crippen molar-refractivity contribution in [1.29, 1.82) is 0 Å². The molecule has 2 aromatic heterocycles. The number of carbonyl (C=O) groups excluding carboxylic acids is 1. The highest BCUT2D eigenvalue weighted by molar-refractivity contribution is 6.33. The van der Waals surface area contributed by atoms with Gasteiger partial charge in [-0.15, -0.1) is 0 Å². The van der Waals surface area contributed by atoms with Crippen LogP contribution in [-0.4, -0.2) is 64.5 Å². The molecule has 12 heteroatoms. The molecule has 0 aliphatic carbocycles. The first-order valence-corrected chi connectivity index (χ1v) is 10.1. The number of piperazine rings is 1. The Morgan fingerprint density at radius 1 is 1.16 bits per heavy atom. The highest BCUT2D eigenvalue weighted by Crippen LogP contribution is 2.29. The summed E-state index contributed by atoms with van der Waals surface area (Å²) < 4.78 is 44.4. The number of hydrogen-bond acceptors (Lipinski definition) is 6. The van der Waals surface area contributed by atoms with E-state index >= 15 is 0 Å². The maximum absolute atomic E-state index is 12.7. The van der Waals surface area contributed by atoms with E-state index in [1.165, 1.54) is 6.20 Å². The van der Waals surface area contributed by atoms with Crippen molar-refractivity contribution in [2.75, 3.05) is 37.7 Å². The standard InChI is InChI=1S/C19H19ClF3N5O3/c20-16-13(26-5-7-27(8-6-26)17(29)14-2-1-9-31-14)11-25-28(18(16)30)15-4-3-12(10-24-15)19(21,22)23/h3-4,10-11,14H,1-2,5-9H2. The molecule has 2 saturated heterocycles. The molecule has 0 N–H and O–H groups in total. The van der Waals surface area contributed by atoms with Crippen LogP contribution in [0.5, 0.6) is 0 Å². The van der Waals surface area contributed by atoms with Gasteiger partial charge in [0.15, 0.2) is 5.82 Å². The van der Waals surface area contributed by atoms with Gasteiger partial charge < -0.3 is 14.5 Å². The summed E-state index contributed by atoms with van der Waals surface area (Å²) in [7, 11) is 0. The Kier molecular flexibility index (Phi) is 5.89. The molecule has 1 unspecified atom stereocenters. The summed E-state index contributed by atoms with van der Waals surface area (Å²) in [6.45, 7) is 2.43. The van der Waals surface area contributed by atoms with Crippen LogP contribution >= 0.6 is 11.6 Å². The molecule has 2 aromatic rings. The number of alkyl halides is 3. The monoisotopic (exact) mass is 457 g/mol. The Bertz CT molecular complexity index is 1010. The van der Waals surface area contributed by atoms with E-state index in [1.807, 2.05) is 4.90 Å². The number of ether oxygens (including phenoxy) is 1. The molecule has 0 bridgehead atoms. The molecule has 2 aliphatic rings. The highest BCUT2D eigenvalue weighted by atomic mass is 35.5. The molecule has 1 atom stereocenters. The number of halogens is 4. The van der Waals surface area contributed by atoms with Crippen molar-refractivity contribution in [1.82, 2.24) is 19.7 Å². The number of nitrogens with zero attached hydrogens (tertiary/aromatic N) is 5. The SMILES string of the molecule is O=C(C1CCCO1)N1CCN(c2cnn(-c3ccc(C(F)(F)F)cn3)c(=O)c2Cl)CC1. The number of amides is 1. The quantitative estimate of drug-likeness (QED) is 0.702. The summed E-state index contributed by atoms with van der Waals surface area (Å²) in [6, 6.07) is 1.88. The Morgan fingerprint density at radius 3 is 2.48 bits per heavy atom. The second-order valence-corrected chi connectivity index (χ2v) is 7.66. The van der Waals surface area contributed by atoms with E-state index in [1.54, 1.807) is 4.90 Å². The fourth-order valence-corrected chi connectivity index (χ4v) is 3.88. The van der Waals surface area contributed by atoms with Gasteiger partial charge in [0.2, 0.25) is 0 Å². The summed E-state index contributed by atoms with van der Waals surface area (Å²) in [5.74, 6) is -0.0939. The van der Waals surface area contributed by atoms with Crippen molar-refractivity contribution >= 4 is 23.2 Å². The van der Waals surface area contributed by atoms with E-state index in [9.17, 15) is 22.8 Å². The third kappa shape index (κ3) is 4.38. The van der Waals surface area contributed by atoms with Crippen LogP contribution in [0.15, 0.2) is 29.3 Å². The van der Waals surface area contributed by atoms with E-state index in [-0.39, 0.29) is 22.9 Å². The van der Waals surface area contributed by atoms with Crippen LogP contribution in [0.25, 0.3) is 5.82 Å². The van der Waals surface area contributed by atoms with Crippen LogP contribution in [-0.2, 0) is 15.7 Å². The second kappa shape index (κ2) is 8.46. The van der Waals surface area contributed by atoms with Crippen LogP contribution < -0.4 is 10.5 Å². The first kappa shape index (κ1) is 21.6. The Hall–Kier alpha value is -2.66. The second-order valence-electron chi connectivity index (χ2n) is 7.28. The van der Waals surface area contributed by atoms with E-state index in [0.717, 1.165) is 29.7 Å². The van der Waals surface area contributed by atoms with Crippen molar-refractivity contribution in [3.8, 4) is 5.82 Å². The summed E-state index contributed by atoms with van der Waals surface area (Å²) in [5, 5.41) is 3.91. The van der Waals surface area contributed by atoms with Crippen molar-refractivity contribution in [3.05, 3.63) is 45.5 Å². The molecular weight excluding hydrogens is 439 g/mol. The Labute approximate surface area is 180 Å². The van der Waals surface area contributed by atoms with Crippen LogP contribution in [0.4, 0.5) is 18.9 Å². The van der Waals surface area contributed by atoms with E-state index in [4.69, 9.17) is 16.3 Å². The van der Waals surface area contributed by atoms with Gasteiger partial charge >= 0.3 is 6.18 Å². The predicted molar refractivity (Wildman–Crippen MR) is 105 cm³/mol. The van der Waals surface area contributed by atoms with Crippen LogP contribution in [0.1, 0.15) is 18.4 Å². The molecular formula is C19H19ClF3N5O3. The van der Waals surface area contributed by atoms with E-state index in [0.29, 0.717) is 44.7 Å². The third-order valence-corrected chi connectivity index (χ3v) is 5.69. The molecule has 1 amide bonds. The van der Waals surface area contributed by atoms with Crippen LogP contribution in [0, 0.1) is 0 Å². The number of rotatable bonds is 3. The number of carbonyl (C=O) groups is 1. The lowest BCUT2D eigenvalue weighted by atomic mass is 10.2. The van der Waals surface area contributed by atoms with Gasteiger partial charge in [0.1, 0.15) is 11.1 Å². The molecule has 0 aromatic carbocycles. The van der Waals surface area contributed by atoms with Crippen LogP contribution in [0.3, 0.4) is 0 Å². The minimum Gasteiger partial charge on any atom is -0.368 e. The van der Waals surface area contributed by atoms with Gasteiger partial charge in [-0.3, -0.25) is 9.59 Å². The van der Waals surface area contributed by atoms with Gasteiger partial charge in [0, 0.05) is 39.0 Å². The maximum Gasteiger partial charge on any atom is 0.417 e. The fourth-order valence-electron chi connectivity index (χ4n) is 3.63. The normalized spacial score (nSPS) is 19.7. The first-order chi connectivity index (χ1) is 14.8. The van der Waals surface area contributed by atoms with Gasteiger partial charge in [-0.2, -0.15) is 23.0 Å². The Balaban J connectivity index is 1.48. The fraction of sp³-hybridized carbons (Fsp3) is 0.474. The van der Waals surface area contributed by atoms with Gasteiger partial charge in [0.25, 0.3) is 11.5 Å². The molecule has 0 radical (unpaired) electrons. The van der Waals surface area contributed by atoms with Gasteiger partial charge in [-0.25, -0.2) is 4.98 Å². The predicted octanol–water partition coefficient (Wildman–Crippen LogP) is 2.13. The lowest BCUT2D eigenvalue weighted by molar-refractivity contribution is -0.141. The zero-order valence-corrected chi connectivity index (χ0v) is 17.1. The summed E-state index contributed by atoms with van der Waals surface area (Å²) in [5.41, 5.74) is -1.22. The molecule has 31 heavy (non-hydrogen) atoms. The molecule has 0 spiro atoms. The third-order valence-electron chi connectivity index (χ3n) is 5.33. The average molecular weight is 458 g/mol. The number of anilines is 1. The maximum atomic E-state index is 12.7. The summed E-state index contributed by atoms with van der Waals surface area (Å²) >= 11 is 6.26. The first-order valence-electron chi connectivity index (χ1n) is 9.72. The summed E-state index contributed by atoms with van der Waals surface area (Å²) in [6.07, 6.45) is -1.29. The van der Waals surface area contributed by atoms with Crippen molar-refractivity contribution < 1.29 is 22.7 Å². The lowest BCUT2D eigenvalue weighted by Gasteiger charge is -2.37. The number of pyridine rings is 1. The zero-order chi connectivity index (χ0) is 22.2. The molecule has 2 fully saturated rings. The van der Waals surface area contributed by atoms with Gasteiger partial charge in [-0.1, -0.05) is 11.6 Å². The Morgan fingerprint density at radius 2 is 1.90 bits per heavy atom. The number of aromatic nitrogens is 3. The minimum absolute atomic E-state index is 0.0230. The molecule has 2 aliphatic heterocycles. The van der Waals surface area contributed by atoms with Crippen molar-refractivity contribution in [3.63, 3.8) is 0 Å². The molecule has 4 heterocycles. The molecule has 4 rings (SSSR count).